The van der Waals surface area contributed by atoms with Crippen LogP contribution >= 0.6 is 11.8 Å². The summed E-state index contributed by atoms with van der Waals surface area (Å²) in [6.07, 6.45) is 0. The maximum absolute atomic E-state index is 2.46. The summed E-state index contributed by atoms with van der Waals surface area (Å²) in [5, 5.41) is 0.552. The summed E-state index contributed by atoms with van der Waals surface area (Å²) in [7, 11) is 0. The van der Waals surface area contributed by atoms with E-state index in [0.29, 0.717) is 5.37 Å². The third-order valence-electron chi connectivity index (χ3n) is 3.45. The zero-order chi connectivity index (χ0) is 12.5. The lowest BCUT2D eigenvalue weighted by molar-refractivity contribution is 0.834. The molecule has 1 nitrogen and oxygen atoms in total. The van der Waals surface area contributed by atoms with E-state index in [4.69, 9.17) is 0 Å². The molecule has 0 amide bonds. The summed E-state index contributed by atoms with van der Waals surface area (Å²) in [4.78, 5) is 3.87. The second kappa shape index (κ2) is 4.69. The fraction of sp³-hybridized carbons (Fsp3) is 0.250. The van der Waals surface area contributed by atoms with Gasteiger partial charge in [-0.2, -0.15) is 0 Å². The summed E-state index contributed by atoms with van der Waals surface area (Å²) < 4.78 is 0. The van der Waals surface area contributed by atoms with E-state index >= 15 is 0 Å². The van der Waals surface area contributed by atoms with Gasteiger partial charge in [0.1, 0.15) is 0 Å². The van der Waals surface area contributed by atoms with Crippen molar-refractivity contribution < 1.29 is 0 Å². The number of nitrogens with zero attached hydrogens (tertiary/aromatic N) is 1. The highest BCUT2D eigenvalue weighted by molar-refractivity contribution is 8.00. The van der Waals surface area contributed by atoms with Crippen molar-refractivity contribution in [1.82, 2.24) is 0 Å². The molecule has 1 aliphatic rings. The monoisotopic (exact) mass is 255 g/mol. The van der Waals surface area contributed by atoms with Crippen LogP contribution in [-0.2, 0) is 0 Å². The van der Waals surface area contributed by atoms with Crippen LogP contribution < -0.4 is 4.90 Å². The molecule has 0 fully saturated rings. The Morgan fingerprint density at radius 2 is 1.83 bits per heavy atom. The summed E-state index contributed by atoms with van der Waals surface area (Å²) in [5.41, 5.74) is 3.99. The van der Waals surface area contributed by atoms with Crippen LogP contribution in [0.3, 0.4) is 0 Å². The molecule has 0 aromatic heterocycles. The zero-order valence-corrected chi connectivity index (χ0v) is 11.6. The van der Waals surface area contributed by atoms with E-state index in [0.717, 1.165) is 6.54 Å². The molecule has 0 aliphatic carbocycles. The third-order valence-corrected chi connectivity index (χ3v) is 4.65. The van der Waals surface area contributed by atoms with Crippen LogP contribution in [0.25, 0.3) is 11.1 Å². The molecule has 0 bridgehead atoms. The number of hydrogen-bond donors (Lipinski definition) is 0. The fourth-order valence-electron chi connectivity index (χ4n) is 2.52. The minimum Gasteiger partial charge on any atom is -0.359 e. The third kappa shape index (κ3) is 1.91. The largest absolute Gasteiger partial charge is 0.359 e. The smallest absolute Gasteiger partial charge is 0.0769 e. The molecule has 1 heterocycles. The van der Waals surface area contributed by atoms with E-state index in [1.54, 1.807) is 0 Å². The van der Waals surface area contributed by atoms with E-state index < -0.39 is 0 Å². The van der Waals surface area contributed by atoms with Gasteiger partial charge in [0.2, 0.25) is 0 Å². The fourth-order valence-corrected chi connectivity index (χ4v) is 3.72. The molecular weight excluding hydrogens is 238 g/mol. The first-order valence-electron chi connectivity index (χ1n) is 6.42. The quantitative estimate of drug-likeness (QED) is 0.769. The standard InChI is InChI=1S/C16H17NS/c1-3-17-12(2)18-16-10-9-14(11-15(16)17)13-7-5-4-6-8-13/h4-12H,3H2,1-2H3. The molecule has 1 unspecified atom stereocenters. The summed E-state index contributed by atoms with van der Waals surface area (Å²) in [6, 6.07) is 17.4. The lowest BCUT2D eigenvalue weighted by Crippen LogP contribution is -2.25. The SMILES string of the molecule is CCN1c2cc(-c3ccccc3)ccc2SC1C. The van der Waals surface area contributed by atoms with Crippen molar-refractivity contribution in [3.63, 3.8) is 0 Å². The minimum atomic E-state index is 0.552. The van der Waals surface area contributed by atoms with E-state index in [-0.39, 0.29) is 0 Å². The van der Waals surface area contributed by atoms with E-state index in [1.807, 2.05) is 11.8 Å². The minimum absolute atomic E-state index is 0.552. The number of benzene rings is 2. The Hall–Kier alpha value is -1.41. The highest BCUT2D eigenvalue weighted by Crippen LogP contribution is 2.44. The van der Waals surface area contributed by atoms with Crippen molar-refractivity contribution in [2.45, 2.75) is 24.1 Å². The number of fused-ring (bicyclic) bond motifs is 1. The van der Waals surface area contributed by atoms with Gasteiger partial charge in [-0.1, -0.05) is 48.2 Å². The van der Waals surface area contributed by atoms with Gasteiger partial charge < -0.3 is 4.90 Å². The van der Waals surface area contributed by atoms with Crippen molar-refractivity contribution in [2.75, 3.05) is 11.4 Å². The molecule has 0 radical (unpaired) electrons. The van der Waals surface area contributed by atoms with Gasteiger partial charge in [-0.15, -0.1) is 0 Å². The summed E-state index contributed by atoms with van der Waals surface area (Å²) >= 11 is 1.95. The Bertz CT molecular complexity index is 550. The Morgan fingerprint density at radius 1 is 1.06 bits per heavy atom. The predicted octanol–water partition coefficient (Wildman–Crippen LogP) is 4.63. The lowest BCUT2D eigenvalue weighted by atomic mass is 10.0. The Labute approximate surface area is 113 Å². The first-order chi connectivity index (χ1) is 8.79. The molecular formula is C16H17NS. The van der Waals surface area contributed by atoms with Crippen molar-refractivity contribution in [3.05, 3.63) is 48.5 Å². The average molecular weight is 255 g/mol. The van der Waals surface area contributed by atoms with Crippen LogP contribution in [0.4, 0.5) is 5.69 Å². The molecule has 0 saturated heterocycles. The van der Waals surface area contributed by atoms with Crippen LogP contribution in [0, 0.1) is 0 Å². The van der Waals surface area contributed by atoms with Gasteiger partial charge >= 0.3 is 0 Å². The predicted molar refractivity (Wildman–Crippen MR) is 80.2 cm³/mol. The first kappa shape index (κ1) is 11.7. The number of thioether (sulfide) groups is 1. The number of anilines is 1. The van der Waals surface area contributed by atoms with Gasteiger partial charge in [0.05, 0.1) is 11.1 Å². The van der Waals surface area contributed by atoms with Crippen LogP contribution in [0.2, 0.25) is 0 Å². The zero-order valence-electron chi connectivity index (χ0n) is 10.8. The molecule has 92 valence electrons. The maximum atomic E-state index is 2.46. The highest BCUT2D eigenvalue weighted by Gasteiger charge is 2.25. The number of hydrogen-bond acceptors (Lipinski definition) is 2. The van der Waals surface area contributed by atoms with Crippen LogP contribution in [0.1, 0.15) is 13.8 Å². The van der Waals surface area contributed by atoms with E-state index in [1.165, 1.54) is 21.7 Å². The van der Waals surface area contributed by atoms with Gasteiger partial charge in [-0.05, 0) is 37.1 Å². The van der Waals surface area contributed by atoms with Gasteiger partial charge in [-0.3, -0.25) is 0 Å². The van der Waals surface area contributed by atoms with Crippen molar-refractivity contribution >= 4 is 17.4 Å². The van der Waals surface area contributed by atoms with Gasteiger partial charge in [0, 0.05) is 11.4 Å². The van der Waals surface area contributed by atoms with Gasteiger partial charge in [0.15, 0.2) is 0 Å². The average Bonchev–Trinajstić information content (AvgIpc) is 2.74. The molecule has 2 aromatic carbocycles. The van der Waals surface area contributed by atoms with Crippen molar-refractivity contribution in [1.29, 1.82) is 0 Å². The second-order valence-corrected chi connectivity index (χ2v) is 5.91. The molecule has 3 rings (SSSR count). The molecule has 0 saturated carbocycles. The molecule has 0 N–H and O–H groups in total. The summed E-state index contributed by atoms with van der Waals surface area (Å²) in [6.45, 7) is 5.57. The molecule has 1 atom stereocenters. The van der Waals surface area contributed by atoms with Crippen LogP contribution in [-0.4, -0.2) is 11.9 Å². The molecule has 18 heavy (non-hydrogen) atoms. The highest BCUT2D eigenvalue weighted by atomic mass is 32.2. The van der Waals surface area contributed by atoms with Crippen LogP contribution in [0.15, 0.2) is 53.4 Å². The second-order valence-electron chi connectivity index (χ2n) is 4.55. The van der Waals surface area contributed by atoms with Crippen LogP contribution in [0.5, 0.6) is 0 Å². The van der Waals surface area contributed by atoms with Gasteiger partial charge in [0.25, 0.3) is 0 Å². The maximum Gasteiger partial charge on any atom is 0.0769 e. The molecule has 1 aliphatic heterocycles. The Morgan fingerprint density at radius 3 is 2.56 bits per heavy atom. The summed E-state index contributed by atoms with van der Waals surface area (Å²) in [5.74, 6) is 0. The lowest BCUT2D eigenvalue weighted by Gasteiger charge is -2.21. The van der Waals surface area contributed by atoms with E-state index in [2.05, 4.69) is 67.3 Å². The molecule has 2 aromatic rings. The Balaban J connectivity index is 2.05. The normalized spacial score (nSPS) is 17.9. The number of rotatable bonds is 2. The first-order valence-corrected chi connectivity index (χ1v) is 7.30. The Kier molecular flexibility index (Phi) is 3.04. The topological polar surface area (TPSA) is 3.24 Å². The van der Waals surface area contributed by atoms with Crippen molar-refractivity contribution in [2.24, 2.45) is 0 Å². The van der Waals surface area contributed by atoms with Gasteiger partial charge in [-0.25, -0.2) is 0 Å². The van der Waals surface area contributed by atoms with Crippen molar-refractivity contribution in [3.8, 4) is 11.1 Å². The molecule has 2 heteroatoms. The van der Waals surface area contributed by atoms with E-state index in [9.17, 15) is 0 Å². The molecule has 0 spiro atoms.